The van der Waals surface area contributed by atoms with Crippen LogP contribution in [-0.4, -0.2) is 11.9 Å². The standard InChI is InChI=1S/C6H10N2O4/c1-3(5(9)11-7)4(2)6(10)12-8/h7-8H2,1-2H3/b4-3-. The lowest BCUT2D eigenvalue weighted by Gasteiger charge is -2.01. The molecule has 6 heteroatoms. The number of carbonyl (C=O) groups excluding carboxylic acids is 2. The lowest BCUT2D eigenvalue weighted by molar-refractivity contribution is -0.142. The van der Waals surface area contributed by atoms with Gasteiger partial charge in [-0.1, -0.05) is 0 Å². The molecule has 0 bridgehead atoms. The average Bonchev–Trinajstić information content (AvgIpc) is 2.12. The van der Waals surface area contributed by atoms with Crippen molar-refractivity contribution in [3.63, 3.8) is 0 Å². The Morgan fingerprint density at radius 3 is 1.33 bits per heavy atom. The van der Waals surface area contributed by atoms with Gasteiger partial charge in [0.2, 0.25) is 0 Å². The number of nitrogens with two attached hydrogens (primary N) is 2. The molecule has 12 heavy (non-hydrogen) atoms. The van der Waals surface area contributed by atoms with Gasteiger partial charge < -0.3 is 9.68 Å². The monoisotopic (exact) mass is 174 g/mol. The molecular formula is C6H10N2O4. The van der Waals surface area contributed by atoms with E-state index < -0.39 is 11.9 Å². The quantitative estimate of drug-likeness (QED) is 0.417. The average molecular weight is 174 g/mol. The summed E-state index contributed by atoms with van der Waals surface area (Å²) in [5.74, 6) is 7.58. The Hall–Kier alpha value is -1.40. The van der Waals surface area contributed by atoms with Gasteiger partial charge in [0.1, 0.15) is 0 Å². The predicted octanol–water partition coefficient (Wildman–Crippen LogP) is -0.843. The van der Waals surface area contributed by atoms with Crippen LogP contribution in [0, 0.1) is 0 Å². The molecule has 0 saturated carbocycles. The van der Waals surface area contributed by atoms with Crippen LogP contribution in [0.4, 0.5) is 0 Å². The van der Waals surface area contributed by atoms with E-state index in [2.05, 4.69) is 21.5 Å². The van der Waals surface area contributed by atoms with E-state index >= 15 is 0 Å². The second-order valence-electron chi connectivity index (χ2n) is 2.06. The van der Waals surface area contributed by atoms with Crippen molar-refractivity contribution in [1.82, 2.24) is 0 Å². The Bertz CT molecular complexity index is 210. The van der Waals surface area contributed by atoms with Crippen LogP contribution in [0.3, 0.4) is 0 Å². The summed E-state index contributed by atoms with van der Waals surface area (Å²) in [6, 6.07) is 0. The van der Waals surface area contributed by atoms with E-state index in [0.29, 0.717) is 0 Å². The van der Waals surface area contributed by atoms with Crippen molar-refractivity contribution >= 4 is 11.9 Å². The smallest absolute Gasteiger partial charge is 0.352 e. The molecule has 0 rings (SSSR count). The highest BCUT2D eigenvalue weighted by molar-refractivity contribution is 5.99. The maximum absolute atomic E-state index is 10.7. The third kappa shape index (κ3) is 2.33. The SMILES string of the molecule is C/C(C(=O)ON)=C(\C)C(=O)ON. The lowest BCUT2D eigenvalue weighted by atomic mass is 10.1. The van der Waals surface area contributed by atoms with Crippen LogP contribution < -0.4 is 11.8 Å². The first-order chi connectivity index (χ1) is 5.54. The van der Waals surface area contributed by atoms with Crippen LogP contribution in [0.25, 0.3) is 0 Å². The first kappa shape index (κ1) is 10.6. The van der Waals surface area contributed by atoms with Crippen LogP contribution in [0.15, 0.2) is 11.1 Å². The number of carbonyl (C=O) groups is 2. The van der Waals surface area contributed by atoms with Gasteiger partial charge in [-0.3, -0.25) is 0 Å². The predicted molar refractivity (Wildman–Crippen MR) is 38.9 cm³/mol. The second-order valence-corrected chi connectivity index (χ2v) is 2.06. The Kier molecular flexibility index (Phi) is 3.95. The summed E-state index contributed by atoms with van der Waals surface area (Å²) in [5, 5.41) is 0. The van der Waals surface area contributed by atoms with Crippen LogP contribution >= 0.6 is 0 Å². The van der Waals surface area contributed by atoms with E-state index in [0.717, 1.165) is 0 Å². The van der Waals surface area contributed by atoms with E-state index in [-0.39, 0.29) is 11.1 Å². The maximum atomic E-state index is 10.7. The number of hydrogen-bond acceptors (Lipinski definition) is 6. The molecule has 0 aliphatic rings. The Balaban J connectivity index is 4.68. The van der Waals surface area contributed by atoms with Gasteiger partial charge in [-0.25, -0.2) is 9.59 Å². The van der Waals surface area contributed by atoms with Gasteiger partial charge in [0, 0.05) is 11.1 Å². The Morgan fingerprint density at radius 2 is 1.17 bits per heavy atom. The summed E-state index contributed by atoms with van der Waals surface area (Å²) in [4.78, 5) is 29.2. The molecule has 6 nitrogen and oxygen atoms in total. The number of rotatable bonds is 2. The van der Waals surface area contributed by atoms with E-state index in [9.17, 15) is 9.59 Å². The summed E-state index contributed by atoms with van der Waals surface area (Å²) < 4.78 is 0. The largest absolute Gasteiger partial charge is 0.370 e. The maximum Gasteiger partial charge on any atom is 0.352 e. The molecule has 0 unspecified atom stereocenters. The fourth-order valence-electron chi connectivity index (χ4n) is 0.483. The molecule has 4 N–H and O–H groups in total. The van der Waals surface area contributed by atoms with Crippen molar-refractivity contribution in [3.05, 3.63) is 11.1 Å². The summed E-state index contributed by atoms with van der Waals surface area (Å²) >= 11 is 0. The molecule has 0 spiro atoms. The first-order valence-corrected chi connectivity index (χ1v) is 3.04. The fraction of sp³-hybridized carbons (Fsp3) is 0.333. The molecule has 68 valence electrons. The van der Waals surface area contributed by atoms with Gasteiger partial charge in [-0.15, -0.1) is 0 Å². The van der Waals surface area contributed by atoms with E-state index in [1.54, 1.807) is 0 Å². The topological polar surface area (TPSA) is 105 Å². The van der Waals surface area contributed by atoms with Crippen LogP contribution in [-0.2, 0) is 19.3 Å². The zero-order valence-electron chi connectivity index (χ0n) is 6.79. The molecule has 0 atom stereocenters. The van der Waals surface area contributed by atoms with Gasteiger partial charge in [-0.2, -0.15) is 11.8 Å². The van der Waals surface area contributed by atoms with Crippen LogP contribution in [0.1, 0.15) is 13.8 Å². The van der Waals surface area contributed by atoms with Gasteiger partial charge in [0.25, 0.3) is 0 Å². The summed E-state index contributed by atoms with van der Waals surface area (Å²) in [6.07, 6.45) is 0. The van der Waals surface area contributed by atoms with Crippen LogP contribution in [0.5, 0.6) is 0 Å². The van der Waals surface area contributed by atoms with Gasteiger partial charge in [0.05, 0.1) is 0 Å². The minimum absolute atomic E-state index is 0.0629. The Labute approximate surface area is 69.0 Å². The highest BCUT2D eigenvalue weighted by Crippen LogP contribution is 2.05. The minimum atomic E-state index is -0.794. The second kappa shape index (κ2) is 4.47. The third-order valence-corrected chi connectivity index (χ3v) is 1.39. The first-order valence-electron chi connectivity index (χ1n) is 3.04. The molecule has 0 aliphatic carbocycles. The van der Waals surface area contributed by atoms with Crippen molar-refractivity contribution in [2.75, 3.05) is 0 Å². The highest BCUT2D eigenvalue weighted by atomic mass is 16.7. The van der Waals surface area contributed by atoms with Crippen molar-refractivity contribution < 1.29 is 19.3 Å². The molecule has 0 aromatic rings. The molecule has 0 aliphatic heterocycles. The van der Waals surface area contributed by atoms with E-state index in [4.69, 9.17) is 0 Å². The summed E-state index contributed by atoms with van der Waals surface area (Å²) in [5.41, 5.74) is 0.126. The van der Waals surface area contributed by atoms with Gasteiger partial charge in [-0.05, 0) is 13.8 Å². The zero-order valence-corrected chi connectivity index (χ0v) is 6.79. The summed E-state index contributed by atoms with van der Waals surface area (Å²) in [7, 11) is 0. The van der Waals surface area contributed by atoms with Crippen molar-refractivity contribution in [2.45, 2.75) is 13.8 Å². The van der Waals surface area contributed by atoms with Crippen LogP contribution in [0.2, 0.25) is 0 Å². The molecule has 0 heterocycles. The molecule has 0 aromatic carbocycles. The molecule has 0 saturated heterocycles. The van der Waals surface area contributed by atoms with Crippen molar-refractivity contribution in [3.8, 4) is 0 Å². The highest BCUT2D eigenvalue weighted by Gasteiger charge is 2.14. The number of hydrogen-bond donors (Lipinski definition) is 2. The zero-order chi connectivity index (χ0) is 9.72. The minimum Gasteiger partial charge on any atom is -0.370 e. The van der Waals surface area contributed by atoms with Crippen molar-refractivity contribution in [1.29, 1.82) is 0 Å². The van der Waals surface area contributed by atoms with Crippen molar-refractivity contribution in [2.24, 2.45) is 11.8 Å². The molecule has 0 fully saturated rings. The molecule has 0 amide bonds. The molecular weight excluding hydrogens is 164 g/mol. The molecule has 0 aromatic heterocycles. The van der Waals surface area contributed by atoms with E-state index in [1.165, 1.54) is 13.8 Å². The lowest BCUT2D eigenvalue weighted by Crippen LogP contribution is -2.17. The Morgan fingerprint density at radius 1 is 0.917 bits per heavy atom. The van der Waals surface area contributed by atoms with E-state index in [1.807, 2.05) is 0 Å². The third-order valence-electron chi connectivity index (χ3n) is 1.39. The van der Waals surface area contributed by atoms with Gasteiger partial charge >= 0.3 is 11.9 Å². The van der Waals surface area contributed by atoms with Gasteiger partial charge in [0.15, 0.2) is 0 Å². The summed E-state index contributed by atoms with van der Waals surface area (Å²) in [6.45, 7) is 2.75. The normalized spacial score (nSPS) is 11.7. The fourth-order valence-corrected chi connectivity index (χ4v) is 0.483. The molecule has 0 radical (unpaired) electrons.